The van der Waals surface area contributed by atoms with Gasteiger partial charge in [0, 0.05) is 29.7 Å². The van der Waals surface area contributed by atoms with Crippen LogP contribution in [0.15, 0.2) is 30.5 Å². The number of fused-ring (bicyclic) bond motifs is 1. The maximum Gasteiger partial charge on any atom is 0.252 e. The number of nitrogens with zero attached hydrogens (tertiary/aromatic N) is 3. The van der Waals surface area contributed by atoms with Crippen molar-refractivity contribution in [2.75, 3.05) is 10.6 Å². The minimum absolute atomic E-state index is 0.0184. The van der Waals surface area contributed by atoms with Crippen LogP contribution in [-0.4, -0.2) is 32.8 Å². The summed E-state index contributed by atoms with van der Waals surface area (Å²) >= 11 is 0. The lowest BCUT2D eigenvalue weighted by atomic mass is 9.91. The molecule has 1 fully saturated rings. The number of amides is 1. The van der Waals surface area contributed by atoms with Gasteiger partial charge in [0.15, 0.2) is 11.6 Å². The molecule has 0 aliphatic heterocycles. The van der Waals surface area contributed by atoms with Gasteiger partial charge >= 0.3 is 0 Å². The Morgan fingerprint density at radius 1 is 1.27 bits per heavy atom. The van der Waals surface area contributed by atoms with E-state index in [-0.39, 0.29) is 29.3 Å². The fraction of sp³-hybridized carbons (Fsp3) is 0.381. The summed E-state index contributed by atoms with van der Waals surface area (Å²) in [5, 5.41) is 11.6. The smallest absolute Gasteiger partial charge is 0.252 e. The van der Waals surface area contributed by atoms with E-state index in [1.54, 1.807) is 6.20 Å². The SMILES string of the molecule is CCn1ncc2ccc(Nc3nc(NC4CCCC[C@@H]4N)c(F)cc3C(N)=O)cc21. The Labute approximate surface area is 173 Å². The minimum Gasteiger partial charge on any atom is -0.365 e. The highest BCUT2D eigenvalue weighted by Crippen LogP contribution is 2.28. The van der Waals surface area contributed by atoms with Gasteiger partial charge in [0.2, 0.25) is 0 Å². The maximum atomic E-state index is 14.7. The summed E-state index contributed by atoms with van der Waals surface area (Å²) < 4.78 is 16.5. The monoisotopic (exact) mass is 411 g/mol. The van der Waals surface area contributed by atoms with Crippen molar-refractivity contribution in [1.29, 1.82) is 0 Å². The molecule has 0 spiro atoms. The van der Waals surface area contributed by atoms with Gasteiger partial charge in [-0.2, -0.15) is 5.10 Å². The number of benzene rings is 1. The molecule has 6 N–H and O–H groups in total. The second kappa shape index (κ2) is 8.27. The van der Waals surface area contributed by atoms with E-state index < -0.39 is 11.7 Å². The van der Waals surface area contributed by atoms with Crippen molar-refractivity contribution in [2.45, 2.75) is 51.2 Å². The highest BCUT2D eigenvalue weighted by Gasteiger charge is 2.24. The van der Waals surface area contributed by atoms with Crippen LogP contribution in [0.25, 0.3) is 10.9 Å². The third-order valence-electron chi connectivity index (χ3n) is 5.59. The topological polar surface area (TPSA) is 124 Å². The van der Waals surface area contributed by atoms with Crippen LogP contribution in [-0.2, 0) is 6.54 Å². The van der Waals surface area contributed by atoms with E-state index in [2.05, 4.69) is 20.7 Å². The van der Waals surface area contributed by atoms with Crippen LogP contribution in [0.2, 0.25) is 0 Å². The van der Waals surface area contributed by atoms with Crippen molar-refractivity contribution >= 4 is 34.1 Å². The molecule has 9 heteroatoms. The van der Waals surface area contributed by atoms with Crippen LogP contribution in [0.5, 0.6) is 0 Å². The van der Waals surface area contributed by atoms with Crippen LogP contribution >= 0.6 is 0 Å². The molecule has 1 saturated carbocycles. The molecular weight excluding hydrogens is 385 g/mol. The number of nitrogens with one attached hydrogen (secondary N) is 2. The number of carbonyl (C=O) groups is 1. The first-order valence-electron chi connectivity index (χ1n) is 10.2. The van der Waals surface area contributed by atoms with Crippen molar-refractivity contribution in [3.63, 3.8) is 0 Å². The zero-order chi connectivity index (χ0) is 21.3. The number of anilines is 3. The molecule has 0 bridgehead atoms. The second-order valence-corrected chi connectivity index (χ2v) is 7.64. The minimum atomic E-state index is -0.760. The number of pyridine rings is 1. The predicted octanol–water partition coefficient (Wildman–Crippen LogP) is 3.11. The number of hydrogen-bond acceptors (Lipinski definition) is 6. The Morgan fingerprint density at radius 2 is 2.07 bits per heavy atom. The van der Waals surface area contributed by atoms with Crippen molar-refractivity contribution in [2.24, 2.45) is 11.5 Å². The van der Waals surface area contributed by atoms with Gasteiger partial charge in [-0.25, -0.2) is 9.37 Å². The number of rotatable bonds is 6. The van der Waals surface area contributed by atoms with Crippen LogP contribution in [0.1, 0.15) is 43.0 Å². The molecule has 1 amide bonds. The largest absolute Gasteiger partial charge is 0.365 e. The van der Waals surface area contributed by atoms with Crippen LogP contribution in [0.4, 0.5) is 21.7 Å². The molecule has 2 atom stereocenters. The van der Waals surface area contributed by atoms with Gasteiger partial charge in [0.05, 0.1) is 17.3 Å². The highest BCUT2D eigenvalue weighted by atomic mass is 19.1. The Morgan fingerprint density at radius 3 is 2.80 bits per heavy atom. The van der Waals surface area contributed by atoms with E-state index in [1.165, 1.54) is 0 Å². The van der Waals surface area contributed by atoms with Gasteiger partial charge in [-0.05, 0) is 44.0 Å². The van der Waals surface area contributed by atoms with Gasteiger partial charge in [0.25, 0.3) is 5.91 Å². The summed E-state index contributed by atoms with van der Waals surface area (Å²) in [6, 6.07) is 6.66. The summed E-state index contributed by atoms with van der Waals surface area (Å²) in [5.74, 6) is -1.14. The van der Waals surface area contributed by atoms with Crippen LogP contribution in [0, 0.1) is 5.82 Å². The highest BCUT2D eigenvalue weighted by molar-refractivity contribution is 5.99. The van der Waals surface area contributed by atoms with Crippen molar-refractivity contribution < 1.29 is 9.18 Å². The van der Waals surface area contributed by atoms with Crippen LogP contribution < -0.4 is 22.1 Å². The molecule has 0 radical (unpaired) electrons. The predicted molar refractivity (Wildman–Crippen MR) is 115 cm³/mol. The molecule has 1 aliphatic rings. The number of nitrogens with two attached hydrogens (primary N) is 2. The fourth-order valence-electron chi connectivity index (χ4n) is 3.92. The van der Waals surface area contributed by atoms with E-state index in [0.29, 0.717) is 5.69 Å². The Bertz CT molecular complexity index is 1080. The van der Waals surface area contributed by atoms with E-state index in [4.69, 9.17) is 11.5 Å². The number of halogens is 1. The van der Waals surface area contributed by atoms with E-state index >= 15 is 0 Å². The third kappa shape index (κ3) is 3.93. The normalized spacial score (nSPS) is 19.0. The first-order chi connectivity index (χ1) is 14.5. The molecule has 4 rings (SSSR count). The van der Waals surface area contributed by atoms with Gasteiger partial charge in [-0.1, -0.05) is 12.8 Å². The lowest BCUT2D eigenvalue weighted by Gasteiger charge is -2.30. The quantitative estimate of drug-likeness (QED) is 0.494. The summed E-state index contributed by atoms with van der Waals surface area (Å²) in [5.41, 5.74) is 13.3. The molecule has 1 aliphatic carbocycles. The van der Waals surface area contributed by atoms with Crippen LogP contribution in [0.3, 0.4) is 0 Å². The number of primary amides is 1. The summed E-state index contributed by atoms with van der Waals surface area (Å²) in [4.78, 5) is 16.3. The Hall–Kier alpha value is -3.20. The first kappa shape index (κ1) is 20.1. The average molecular weight is 411 g/mol. The van der Waals surface area contributed by atoms with Crippen molar-refractivity contribution in [1.82, 2.24) is 14.8 Å². The lowest BCUT2D eigenvalue weighted by molar-refractivity contribution is 0.100. The molecule has 1 aromatic carbocycles. The number of hydrogen-bond donors (Lipinski definition) is 4. The molecule has 30 heavy (non-hydrogen) atoms. The standard InChI is InChI=1S/C21H26FN7O/c1-2-29-18-9-13(8-7-12(18)11-25-29)26-20-14(19(24)30)10-15(22)21(28-20)27-17-6-4-3-5-16(17)23/h7-11,16-17H,2-6,23H2,1H3,(H2,24,30)(H2,26,27,28)/t16-,17?/m0/s1. The Balaban J connectivity index is 1.68. The van der Waals surface area contributed by atoms with Gasteiger partial charge in [-0.3, -0.25) is 9.48 Å². The average Bonchev–Trinajstić information content (AvgIpc) is 3.14. The second-order valence-electron chi connectivity index (χ2n) is 7.64. The number of aryl methyl sites for hydroxylation is 1. The van der Waals surface area contributed by atoms with E-state index in [0.717, 1.165) is 49.2 Å². The molecular formula is C21H26FN7O. The molecule has 3 aromatic rings. The van der Waals surface area contributed by atoms with E-state index in [1.807, 2.05) is 29.8 Å². The number of aromatic nitrogens is 3. The third-order valence-corrected chi connectivity index (χ3v) is 5.59. The molecule has 1 unspecified atom stereocenters. The molecule has 8 nitrogen and oxygen atoms in total. The van der Waals surface area contributed by atoms with Gasteiger partial charge < -0.3 is 22.1 Å². The molecule has 2 aromatic heterocycles. The molecule has 0 saturated heterocycles. The summed E-state index contributed by atoms with van der Waals surface area (Å²) in [6.45, 7) is 2.73. The number of carbonyl (C=O) groups excluding carboxylic acids is 1. The first-order valence-corrected chi connectivity index (χ1v) is 10.2. The Kier molecular flexibility index (Phi) is 5.54. The zero-order valence-electron chi connectivity index (χ0n) is 16.9. The molecule has 2 heterocycles. The van der Waals surface area contributed by atoms with Gasteiger partial charge in [-0.15, -0.1) is 0 Å². The maximum absolute atomic E-state index is 14.7. The summed E-state index contributed by atoms with van der Waals surface area (Å²) in [7, 11) is 0. The van der Waals surface area contributed by atoms with Gasteiger partial charge in [0.1, 0.15) is 5.82 Å². The lowest BCUT2D eigenvalue weighted by Crippen LogP contribution is -2.43. The van der Waals surface area contributed by atoms with Crippen molar-refractivity contribution in [3.8, 4) is 0 Å². The molecule has 158 valence electrons. The zero-order valence-corrected chi connectivity index (χ0v) is 16.9. The summed E-state index contributed by atoms with van der Waals surface area (Å²) in [6.07, 6.45) is 5.63. The fourth-order valence-corrected chi connectivity index (χ4v) is 3.92. The van der Waals surface area contributed by atoms with Crippen molar-refractivity contribution in [3.05, 3.63) is 41.8 Å². The van der Waals surface area contributed by atoms with E-state index in [9.17, 15) is 9.18 Å².